The maximum atomic E-state index is 12.6. The number of hydrogen-bond acceptors (Lipinski definition) is 3. The van der Waals surface area contributed by atoms with Gasteiger partial charge in [-0.15, -0.1) is 0 Å². The standard InChI is InChI=1S/C16H22N2O2/c1-17-13-6-4-7-14-11-5-3-8-15(20-2)12(11)9-10-18(14)16(13)19/h3,5,8,13-14,17H,4,6-7,9-10H2,1-2H3. The first-order valence-electron chi connectivity index (χ1n) is 7.39. The predicted molar refractivity (Wildman–Crippen MR) is 77.9 cm³/mol. The summed E-state index contributed by atoms with van der Waals surface area (Å²) < 4.78 is 5.48. The second-order valence-corrected chi connectivity index (χ2v) is 5.60. The third-order valence-corrected chi connectivity index (χ3v) is 4.63. The largest absolute Gasteiger partial charge is 0.496 e. The average molecular weight is 274 g/mol. The van der Waals surface area contributed by atoms with E-state index in [0.29, 0.717) is 0 Å². The number of carbonyl (C=O) groups is 1. The summed E-state index contributed by atoms with van der Waals surface area (Å²) in [5, 5.41) is 3.16. The second kappa shape index (κ2) is 5.44. The SMILES string of the molecule is CNC1CCCC2c3cccc(OC)c3CCN2C1=O. The van der Waals surface area contributed by atoms with E-state index in [4.69, 9.17) is 4.74 Å². The molecule has 2 heterocycles. The lowest BCUT2D eigenvalue weighted by Crippen LogP contribution is -2.47. The van der Waals surface area contributed by atoms with E-state index >= 15 is 0 Å². The highest BCUT2D eigenvalue weighted by atomic mass is 16.5. The Morgan fingerprint density at radius 1 is 1.35 bits per heavy atom. The number of benzene rings is 1. The van der Waals surface area contributed by atoms with Crippen molar-refractivity contribution in [2.75, 3.05) is 20.7 Å². The Hall–Kier alpha value is -1.55. The van der Waals surface area contributed by atoms with Gasteiger partial charge in [0.1, 0.15) is 5.75 Å². The van der Waals surface area contributed by atoms with Gasteiger partial charge in [-0.2, -0.15) is 0 Å². The van der Waals surface area contributed by atoms with Gasteiger partial charge in [-0.25, -0.2) is 0 Å². The van der Waals surface area contributed by atoms with Crippen molar-refractivity contribution in [1.29, 1.82) is 0 Å². The van der Waals surface area contributed by atoms with Crippen LogP contribution < -0.4 is 10.1 Å². The molecule has 1 saturated heterocycles. The number of amides is 1. The van der Waals surface area contributed by atoms with Crippen LogP contribution in [0.2, 0.25) is 0 Å². The van der Waals surface area contributed by atoms with Gasteiger partial charge in [0.2, 0.25) is 5.91 Å². The van der Waals surface area contributed by atoms with Crippen molar-refractivity contribution in [2.24, 2.45) is 0 Å². The fraction of sp³-hybridized carbons (Fsp3) is 0.562. The summed E-state index contributed by atoms with van der Waals surface area (Å²) >= 11 is 0. The molecule has 2 aliphatic rings. The summed E-state index contributed by atoms with van der Waals surface area (Å²) in [4.78, 5) is 14.7. The monoisotopic (exact) mass is 274 g/mol. The Balaban J connectivity index is 1.98. The Morgan fingerprint density at radius 3 is 2.95 bits per heavy atom. The molecule has 108 valence electrons. The molecule has 0 spiro atoms. The third-order valence-electron chi connectivity index (χ3n) is 4.63. The second-order valence-electron chi connectivity index (χ2n) is 5.60. The number of methoxy groups -OCH3 is 1. The molecule has 2 atom stereocenters. The first-order valence-corrected chi connectivity index (χ1v) is 7.39. The molecule has 0 aromatic heterocycles. The average Bonchev–Trinajstić information content (AvgIpc) is 2.65. The lowest BCUT2D eigenvalue weighted by atomic mass is 9.90. The van der Waals surface area contributed by atoms with E-state index in [2.05, 4.69) is 16.3 Å². The Labute approximate surface area is 120 Å². The Morgan fingerprint density at radius 2 is 2.20 bits per heavy atom. The van der Waals surface area contributed by atoms with Crippen molar-refractivity contribution in [1.82, 2.24) is 10.2 Å². The van der Waals surface area contributed by atoms with E-state index < -0.39 is 0 Å². The van der Waals surface area contributed by atoms with E-state index in [9.17, 15) is 4.79 Å². The number of fused-ring (bicyclic) bond motifs is 3. The van der Waals surface area contributed by atoms with E-state index in [1.807, 2.05) is 19.2 Å². The van der Waals surface area contributed by atoms with Gasteiger partial charge in [0.15, 0.2) is 0 Å². The van der Waals surface area contributed by atoms with Crippen molar-refractivity contribution in [3.63, 3.8) is 0 Å². The fourth-order valence-corrected chi connectivity index (χ4v) is 3.59. The van der Waals surface area contributed by atoms with Crippen LogP contribution in [0.1, 0.15) is 36.4 Å². The summed E-state index contributed by atoms with van der Waals surface area (Å²) in [5.41, 5.74) is 2.56. The van der Waals surface area contributed by atoms with Crippen LogP contribution in [0, 0.1) is 0 Å². The van der Waals surface area contributed by atoms with Crippen LogP contribution in [-0.4, -0.2) is 37.6 Å². The third kappa shape index (κ3) is 2.08. The molecule has 3 rings (SSSR count). The van der Waals surface area contributed by atoms with Gasteiger partial charge in [-0.3, -0.25) is 4.79 Å². The van der Waals surface area contributed by atoms with Crippen molar-refractivity contribution >= 4 is 5.91 Å². The molecule has 1 aromatic carbocycles. The molecule has 4 nitrogen and oxygen atoms in total. The highest BCUT2D eigenvalue weighted by Gasteiger charge is 2.36. The first kappa shape index (κ1) is 13.4. The van der Waals surface area contributed by atoms with E-state index in [-0.39, 0.29) is 18.0 Å². The molecule has 0 radical (unpaired) electrons. The topological polar surface area (TPSA) is 41.6 Å². The van der Waals surface area contributed by atoms with Gasteiger partial charge < -0.3 is 15.0 Å². The number of nitrogens with one attached hydrogen (secondary N) is 1. The normalized spacial score (nSPS) is 25.7. The number of rotatable bonds is 2. The Bertz CT molecular complexity index is 515. The number of carbonyl (C=O) groups excluding carboxylic acids is 1. The van der Waals surface area contributed by atoms with Gasteiger partial charge in [0.25, 0.3) is 0 Å². The zero-order chi connectivity index (χ0) is 14.1. The minimum atomic E-state index is -0.0212. The molecule has 0 bridgehead atoms. The molecular weight excluding hydrogens is 252 g/mol. The summed E-state index contributed by atoms with van der Waals surface area (Å²) in [6, 6.07) is 6.41. The molecule has 0 saturated carbocycles. The molecule has 4 heteroatoms. The molecule has 1 aromatic rings. The van der Waals surface area contributed by atoms with Crippen LogP contribution in [0.25, 0.3) is 0 Å². The minimum Gasteiger partial charge on any atom is -0.496 e. The fourth-order valence-electron chi connectivity index (χ4n) is 3.59. The molecular formula is C16H22N2O2. The zero-order valence-corrected chi connectivity index (χ0v) is 12.2. The van der Waals surface area contributed by atoms with E-state index in [1.165, 1.54) is 11.1 Å². The van der Waals surface area contributed by atoms with Gasteiger partial charge in [0, 0.05) is 12.1 Å². The molecule has 0 aliphatic carbocycles. The van der Waals surface area contributed by atoms with Crippen LogP contribution in [0.15, 0.2) is 18.2 Å². The maximum absolute atomic E-state index is 12.6. The van der Waals surface area contributed by atoms with Crippen LogP contribution in [-0.2, 0) is 11.2 Å². The van der Waals surface area contributed by atoms with Crippen molar-refractivity contribution in [2.45, 2.75) is 37.8 Å². The number of nitrogens with zero attached hydrogens (tertiary/aromatic N) is 1. The van der Waals surface area contributed by atoms with Crippen LogP contribution in [0.5, 0.6) is 5.75 Å². The van der Waals surface area contributed by atoms with E-state index in [0.717, 1.165) is 38.0 Å². The zero-order valence-electron chi connectivity index (χ0n) is 12.2. The molecule has 1 N–H and O–H groups in total. The summed E-state index contributed by atoms with van der Waals surface area (Å²) in [5.74, 6) is 1.22. The van der Waals surface area contributed by atoms with Crippen molar-refractivity contribution < 1.29 is 9.53 Å². The molecule has 2 unspecified atom stereocenters. The smallest absolute Gasteiger partial charge is 0.240 e. The van der Waals surface area contributed by atoms with Crippen LogP contribution >= 0.6 is 0 Å². The summed E-state index contributed by atoms with van der Waals surface area (Å²) in [6.45, 7) is 0.801. The maximum Gasteiger partial charge on any atom is 0.240 e. The summed E-state index contributed by atoms with van der Waals surface area (Å²) in [7, 11) is 3.60. The number of ether oxygens (including phenoxy) is 1. The van der Waals surface area contributed by atoms with Crippen LogP contribution in [0.3, 0.4) is 0 Å². The van der Waals surface area contributed by atoms with Crippen LogP contribution in [0.4, 0.5) is 0 Å². The number of likely N-dealkylation sites (N-methyl/N-ethyl adjacent to an activating group) is 1. The van der Waals surface area contributed by atoms with Crippen molar-refractivity contribution in [3.05, 3.63) is 29.3 Å². The van der Waals surface area contributed by atoms with Gasteiger partial charge in [0.05, 0.1) is 19.2 Å². The Kier molecular flexibility index (Phi) is 3.66. The van der Waals surface area contributed by atoms with Gasteiger partial charge in [-0.1, -0.05) is 12.1 Å². The first-order chi connectivity index (χ1) is 9.76. The van der Waals surface area contributed by atoms with Gasteiger partial charge >= 0.3 is 0 Å². The minimum absolute atomic E-state index is 0.0212. The lowest BCUT2D eigenvalue weighted by molar-refractivity contribution is -0.135. The molecule has 20 heavy (non-hydrogen) atoms. The summed E-state index contributed by atoms with van der Waals surface area (Å²) in [6.07, 6.45) is 3.94. The van der Waals surface area contributed by atoms with Gasteiger partial charge in [-0.05, 0) is 44.4 Å². The lowest BCUT2D eigenvalue weighted by Gasteiger charge is -2.37. The van der Waals surface area contributed by atoms with Crippen molar-refractivity contribution in [3.8, 4) is 5.75 Å². The van der Waals surface area contributed by atoms with E-state index in [1.54, 1.807) is 7.11 Å². The molecule has 1 fully saturated rings. The highest BCUT2D eigenvalue weighted by Crippen LogP contribution is 2.39. The molecule has 1 amide bonds. The predicted octanol–water partition coefficient (Wildman–Crippen LogP) is 1.89. The molecule has 2 aliphatic heterocycles. The number of hydrogen-bond donors (Lipinski definition) is 1. The quantitative estimate of drug-likeness (QED) is 0.895. The highest BCUT2D eigenvalue weighted by molar-refractivity contribution is 5.83.